The Labute approximate surface area is 316 Å². The molecule has 1 aliphatic rings. The van der Waals surface area contributed by atoms with E-state index in [1.807, 2.05) is 54.6 Å². The Morgan fingerprint density at radius 3 is 1.40 bits per heavy atom. The molecule has 13 nitrogen and oxygen atoms in total. The quantitative estimate of drug-likeness (QED) is 0.0571. The van der Waals surface area contributed by atoms with Gasteiger partial charge in [0.15, 0.2) is 13.2 Å². The van der Waals surface area contributed by atoms with E-state index < -0.39 is 16.9 Å². The number of nitro groups is 1. The van der Waals surface area contributed by atoms with Crippen molar-refractivity contribution >= 4 is 29.0 Å². The van der Waals surface area contributed by atoms with E-state index in [0.717, 1.165) is 0 Å². The molecule has 0 saturated heterocycles. The predicted molar refractivity (Wildman–Crippen MR) is 202 cm³/mol. The third-order valence-corrected chi connectivity index (χ3v) is 8.96. The van der Waals surface area contributed by atoms with E-state index in [9.17, 15) is 29.9 Å². The molecule has 0 fully saturated rings. The SMILES string of the molecule is CCOC(=O)COc1c2cccc1Cc1cc(N=Nc3ccc([N+](=O)[O-])cc3)cc(c1O)Cc1cccc(c1OCC(=O)OCC)Cc1cccc(c1O)C2. The van der Waals surface area contributed by atoms with Crippen LogP contribution in [-0.2, 0) is 44.7 Å². The van der Waals surface area contributed by atoms with Crippen LogP contribution >= 0.6 is 0 Å². The molecule has 0 aliphatic heterocycles. The van der Waals surface area contributed by atoms with Crippen molar-refractivity contribution in [3.63, 3.8) is 0 Å². The van der Waals surface area contributed by atoms with Crippen molar-refractivity contribution in [2.24, 2.45) is 10.2 Å². The molecular formula is C42H39N3O10. The normalized spacial score (nSPS) is 12.2. The number of phenolic OH excluding ortho intramolecular Hbond substituents is 2. The van der Waals surface area contributed by atoms with Gasteiger partial charge in [0, 0.05) is 48.9 Å². The van der Waals surface area contributed by atoms with Crippen LogP contribution in [0.1, 0.15) is 58.4 Å². The van der Waals surface area contributed by atoms with Crippen LogP contribution in [0.4, 0.5) is 17.1 Å². The lowest BCUT2D eigenvalue weighted by atomic mass is 9.91. The molecule has 0 atom stereocenters. The van der Waals surface area contributed by atoms with Crippen molar-refractivity contribution in [2.45, 2.75) is 39.5 Å². The molecule has 0 heterocycles. The Balaban J connectivity index is 1.51. The molecule has 5 aromatic carbocycles. The molecule has 0 spiro atoms. The third-order valence-electron chi connectivity index (χ3n) is 8.96. The smallest absolute Gasteiger partial charge is 0.344 e. The van der Waals surface area contributed by atoms with Crippen molar-refractivity contribution in [3.8, 4) is 23.0 Å². The second kappa shape index (κ2) is 17.4. The van der Waals surface area contributed by atoms with Gasteiger partial charge < -0.3 is 29.2 Å². The van der Waals surface area contributed by atoms with Crippen molar-refractivity contribution in [2.75, 3.05) is 26.4 Å². The summed E-state index contributed by atoms with van der Waals surface area (Å²) in [5, 5.41) is 43.4. The van der Waals surface area contributed by atoms with Gasteiger partial charge in [0.25, 0.3) is 5.69 Å². The highest BCUT2D eigenvalue weighted by molar-refractivity contribution is 5.72. The average molecular weight is 746 g/mol. The van der Waals surface area contributed by atoms with Crippen LogP contribution in [0.5, 0.6) is 23.0 Å². The van der Waals surface area contributed by atoms with E-state index >= 15 is 0 Å². The standard InChI is InChI=1S/C42H39N3O10/c1-3-52-37(46)24-54-41-28-10-6-12-30(41)20-32-22-35(44-43-34-14-16-36(17-15-34)45(50)51)23-33(40(32)49)21-31-13-7-11-29(42(31)55-25-38(47)53-4-2)19-27-9-5-8-26(18-28)39(27)48/h5-17,22-23,48-49H,3-4,18-21,24-25H2,1-2H3. The van der Waals surface area contributed by atoms with Gasteiger partial charge in [0.1, 0.15) is 23.0 Å². The molecule has 6 rings (SSSR count). The van der Waals surface area contributed by atoms with E-state index in [0.29, 0.717) is 67.4 Å². The number of non-ortho nitro benzene ring substituents is 1. The number of benzene rings is 5. The molecular weight excluding hydrogens is 706 g/mol. The van der Waals surface area contributed by atoms with Gasteiger partial charge in [-0.3, -0.25) is 10.1 Å². The summed E-state index contributed by atoms with van der Waals surface area (Å²) in [4.78, 5) is 35.6. The first-order chi connectivity index (χ1) is 26.6. The summed E-state index contributed by atoms with van der Waals surface area (Å²) >= 11 is 0. The summed E-state index contributed by atoms with van der Waals surface area (Å²) in [7, 11) is 0. The zero-order valence-electron chi connectivity index (χ0n) is 30.3. The zero-order chi connectivity index (χ0) is 38.9. The van der Waals surface area contributed by atoms with Crippen LogP contribution in [0.25, 0.3) is 0 Å². The van der Waals surface area contributed by atoms with Crippen LogP contribution in [-0.4, -0.2) is 53.5 Å². The minimum absolute atomic E-state index is 0.0206. The monoisotopic (exact) mass is 745 g/mol. The number of hydrogen-bond donors (Lipinski definition) is 2. The number of hydrogen-bond acceptors (Lipinski definition) is 12. The summed E-state index contributed by atoms with van der Waals surface area (Å²) in [5.41, 5.74) is 5.54. The van der Waals surface area contributed by atoms with E-state index in [1.54, 1.807) is 26.0 Å². The summed E-state index contributed by atoms with van der Waals surface area (Å²) in [5.74, 6) is -0.207. The summed E-state index contributed by atoms with van der Waals surface area (Å²) in [6.45, 7) is 3.08. The molecule has 1 aliphatic carbocycles. The van der Waals surface area contributed by atoms with Gasteiger partial charge in [-0.2, -0.15) is 10.2 Å². The number of nitro benzene ring substituents is 1. The minimum Gasteiger partial charge on any atom is -0.507 e. The summed E-state index contributed by atoms with van der Waals surface area (Å²) in [6, 6.07) is 25.6. The van der Waals surface area contributed by atoms with Gasteiger partial charge in [-0.15, -0.1) is 0 Å². The number of carbonyl (C=O) groups is 2. The van der Waals surface area contributed by atoms with Crippen molar-refractivity contribution in [3.05, 3.63) is 146 Å². The maximum Gasteiger partial charge on any atom is 0.344 e. The Bertz CT molecular complexity index is 2140. The molecule has 2 N–H and O–H groups in total. The first-order valence-corrected chi connectivity index (χ1v) is 17.7. The first-order valence-electron chi connectivity index (χ1n) is 17.7. The van der Waals surface area contributed by atoms with Crippen LogP contribution in [0.3, 0.4) is 0 Å². The highest BCUT2D eigenvalue weighted by Crippen LogP contribution is 2.40. The summed E-state index contributed by atoms with van der Waals surface area (Å²) < 4.78 is 22.6. The first kappa shape index (κ1) is 38.0. The number of para-hydroxylation sites is 3. The Morgan fingerprint density at radius 2 is 0.982 bits per heavy atom. The summed E-state index contributed by atoms with van der Waals surface area (Å²) in [6.07, 6.45) is 0.783. The second-order valence-corrected chi connectivity index (χ2v) is 12.7. The number of esters is 2. The van der Waals surface area contributed by atoms with Crippen LogP contribution in [0, 0.1) is 10.1 Å². The molecule has 0 saturated carbocycles. The lowest BCUT2D eigenvalue weighted by molar-refractivity contribution is -0.384. The average Bonchev–Trinajstić information content (AvgIpc) is 3.16. The highest BCUT2D eigenvalue weighted by Gasteiger charge is 2.22. The number of nitrogens with zero attached hydrogens (tertiary/aromatic N) is 3. The molecule has 8 bridgehead atoms. The number of carbonyl (C=O) groups excluding carboxylic acids is 2. The Kier molecular flexibility index (Phi) is 12.0. The third kappa shape index (κ3) is 9.25. The highest BCUT2D eigenvalue weighted by atomic mass is 16.6. The molecule has 13 heteroatoms. The van der Waals surface area contributed by atoms with Crippen LogP contribution < -0.4 is 9.47 Å². The van der Waals surface area contributed by atoms with Crippen molar-refractivity contribution < 1.29 is 43.7 Å². The fraction of sp³-hybridized carbons (Fsp3) is 0.238. The molecule has 5 aromatic rings. The lowest BCUT2D eigenvalue weighted by Crippen LogP contribution is -2.16. The van der Waals surface area contributed by atoms with Gasteiger partial charge in [-0.1, -0.05) is 54.6 Å². The maximum atomic E-state index is 12.5. The van der Waals surface area contributed by atoms with E-state index in [4.69, 9.17) is 18.9 Å². The molecule has 55 heavy (non-hydrogen) atoms. The van der Waals surface area contributed by atoms with Crippen LogP contribution in [0.15, 0.2) is 101 Å². The molecule has 0 radical (unpaired) electrons. The number of azo groups is 1. The van der Waals surface area contributed by atoms with Crippen LogP contribution in [0.2, 0.25) is 0 Å². The minimum atomic E-state index is -0.545. The fourth-order valence-electron chi connectivity index (χ4n) is 6.45. The number of aromatic hydroxyl groups is 2. The van der Waals surface area contributed by atoms with Gasteiger partial charge in [0.05, 0.1) is 29.5 Å². The number of ether oxygens (including phenoxy) is 4. The number of rotatable bonds is 11. The molecule has 0 unspecified atom stereocenters. The van der Waals surface area contributed by atoms with Crippen molar-refractivity contribution in [1.82, 2.24) is 0 Å². The lowest BCUT2D eigenvalue weighted by Gasteiger charge is -2.20. The maximum absolute atomic E-state index is 12.5. The predicted octanol–water partition coefficient (Wildman–Crippen LogP) is 7.98. The molecule has 282 valence electrons. The molecule has 0 amide bonds. The van der Waals surface area contributed by atoms with E-state index in [-0.39, 0.29) is 69.3 Å². The van der Waals surface area contributed by atoms with Gasteiger partial charge in [-0.25, -0.2) is 9.59 Å². The van der Waals surface area contributed by atoms with E-state index in [1.165, 1.54) is 24.3 Å². The van der Waals surface area contributed by atoms with Gasteiger partial charge in [-0.05, 0) is 71.5 Å². The zero-order valence-corrected chi connectivity index (χ0v) is 30.3. The van der Waals surface area contributed by atoms with Gasteiger partial charge in [0.2, 0.25) is 0 Å². The fourth-order valence-corrected chi connectivity index (χ4v) is 6.45. The Morgan fingerprint density at radius 1 is 0.600 bits per heavy atom. The van der Waals surface area contributed by atoms with Crippen molar-refractivity contribution in [1.29, 1.82) is 0 Å². The second-order valence-electron chi connectivity index (χ2n) is 12.7. The number of phenols is 2. The largest absolute Gasteiger partial charge is 0.507 e. The topological polar surface area (TPSA) is 179 Å². The number of fused-ring (bicyclic) bond motifs is 8. The Hall–Kier alpha value is -6.76. The molecule has 0 aromatic heterocycles. The van der Waals surface area contributed by atoms with E-state index in [2.05, 4.69) is 10.2 Å². The van der Waals surface area contributed by atoms with Gasteiger partial charge >= 0.3 is 11.9 Å².